The normalized spacial score (nSPS) is 24.5. The molecule has 35 heavy (non-hydrogen) atoms. The minimum absolute atomic E-state index is 0.0127. The third kappa shape index (κ3) is 6.05. The molecule has 0 saturated carbocycles. The molecule has 2 saturated heterocycles. The van der Waals surface area contributed by atoms with E-state index in [2.05, 4.69) is 31.6 Å². The highest BCUT2D eigenvalue weighted by atomic mass is 79.9. The summed E-state index contributed by atoms with van der Waals surface area (Å²) in [6, 6.07) is 3.59. The average Bonchev–Trinajstić information content (AvgIpc) is 3.02. The van der Waals surface area contributed by atoms with Crippen molar-refractivity contribution in [3.05, 3.63) is 46.2 Å². The number of benzene rings is 1. The van der Waals surface area contributed by atoms with Gasteiger partial charge in [-0.05, 0) is 38.0 Å². The van der Waals surface area contributed by atoms with Gasteiger partial charge in [0.05, 0.1) is 34.7 Å². The number of nitrogens with two attached hydrogens (primary N) is 1. The Morgan fingerprint density at radius 2 is 2.06 bits per heavy atom. The number of ether oxygens (including phenoxy) is 1. The maximum absolute atomic E-state index is 13.5. The molecule has 1 aromatic rings. The van der Waals surface area contributed by atoms with Crippen molar-refractivity contribution in [1.29, 1.82) is 0 Å². The van der Waals surface area contributed by atoms with Crippen LogP contribution in [-0.4, -0.2) is 79.8 Å². The van der Waals surface area contributed by atoms with Gasteiger partial charge >= 0.3 is 0 Å². The molecule has 9 nitrogen and oxygen atoms in total. The van der Waals surface area contributed by atoms with Crippen LogP contribution in [0, 0.1) is 5.92 Å². The SMILES string of the molecule is CNC1=CN=CC(C(=O)N2CCC(Nc3c(N)cc(Br)cc3C(=O)N3CCCO[C@@H](C)C3)C2)C=C1. The molecule has 188 valence electrons. The summed E-state index contributed by atoms with van der Waals surface area (Å²) in [6.45, 7) is 4.96. The molecule has 3 aliphatic rings. The van der Waals surface area contributed by atoms with E-state index in [0.717, 1.165) is 23.0 Å². The number of amides is 2. The molecule has 0 aromatic heterocycles. The third-order valence-corrected chi connectivity index (χ3v) is 6.93. The number of nitrogen functional groups attached to an aromatic ring is 1. The smallest absolute Gasteiger partial charge is 0.256 e. The number of hydrogen-bond donors (Lipinski definition) is 3. The topological polar surface area (TPSA) is 112 Å². The van der Waals surface area contributed by atoms with Gasteiger partial charge in [-0.3, -0.25) is 14.6 Å². The first-order valence-electron chi connectivity index (χ1n) is 12.0. The van der Waals surface area contributed by atoms with Crippen molar-refractivity contribution in [2.75, 3.05) is 50.9 Å². The van der Waals surface area contributed by atoms with Crippen LogP contribution in [0.5, 0.6) is 0 Å². The number of carbonyl (C=O) groups excluding carboxylic acids is 2. The van der Waals surface area contributed by atoms with Gasteiger partial charge in [0.2, 0.25) is 5.91 Å². The van der Waals surface area contributed by atoms with Gasteiger partial charge in [-0.25, -0.2) is 0 Å². The largest absolute Gasteiger partial charge is 0.397 e. The van der Waals surface area contributed by atoms with E-state index in [0.29, 0.717) is 49.7 Å². The molecule has 3 heterocycles. The standard InChI is InChI=1S/C25H33BrN6O3/c1-16-14-31(7-3-9-35-16)25(34)21-10-18(26)11-22(27)23(21)30-20-6-8-32(15-20)24(33)17-4-5-19(28-2)13-29-12-17/h4-5,10-13,16-17,20,28,30H,3,6-9,14-15,27H2,1-2H3/t16-,17?,20?/m0/s1. The second-order valence-corrected chi connectivity index (χ2v) is 10.1. The second kappa shape index (κ2) is 11.3. The molecule has 2 amide bonds. The lowest BCUT2D eigenvalue weighted by molar-refractivity contribution is -0.130. The Morgan fingerprint density at radius 3 is 2.86 bits per heavy atom. The second-order valence-electron chi connectivity index (χ2n) is 9.14. The molecule has 0 radical (unpaired) electrons. The third-order valence-electron chi connectivity index (χ3n) is 6.47. The van der Waals surface area contributed by atoms with Gasteiger partial charge in [0.25, 0.3) is 5.91 Å². The maximum atomic E-state index is 13.5. The first-order valence-corrected chi connectivity index (χ1v) is 12.8. The van der Waals surface area contributed by atoms with E-state index in [1.807, 2.05) is 42.0 Å². The van der Waals surface area contributed by atoms with Gasteiger partial charge in [-0.1, -0.05) is 22.0 Å². The van der Waals surface area contributed by atoms with Gasteiger partial charge < -0.3 is 30.9 Å². The Labute approximate surface area is 214 Å². The van der Waals surface area contributed by atoms with Gasteiger partial charge in [0.1, 0.15) is 0 Å². The maximum Gasteiger partial charge on any atom is 0.256 e. The summed E-state index contributed by atoms with van der Waals surface area (Å²) in [7, 11) is 1.82. The fourth-order valence-electron chi connectivity index (χ4n) is 4.61. The summed E-state index contributed by atoms with van der Waals surface area (Å²) in [5.41, 5.74) is 8.87. The average molecular weight is 545 g/mol. The summed E-state index contributed by atoms with van der Waals surface area (Å²) in [6.07, 6.45) is 8.64. The molecule has 3 aliphatic heterocycles. The quantitative estimate of drug-likeness (QED) is 0.491. The lowest BCUT2D eigenvalue weighted by Crippen LogP contribution is -2.37. The van der Waals surface area contributed by atoms with Crippen LogP contribution in [0.15, 0.2) is 45.6 Å². The fourth-order valence-corrected chi connectivity index (χ4v) is 5.09. The van der Waals surface area contributed by atoms with Crippen LogP contribution < -0.4 is 16.4 Å². The van der Waals surface area contributed by atoms with Crippen LogP contribution in [0.4, 0.5) is 11.4 Å². The Hall–Kier alpha value is -2.85. The van der Waals surface area contributed by atoms with Crippen molar-refractivity contribution < 1.29 is 14.3 Å². The number of hydrogen-bond acceptors (Lipinski definition) is 7. The van der Waals surface area contributed by atoms with E-state index in [9.17, 15) is 9.59 Å². The molecule has 0 bridgehead atoms. The Morgan fingerprint density at radius 1 is 1.23 bits per heavy atom. The molecular weight excluding hydrogens is 512 g/mol. The van der Waals surface area contributed by atoms with Crippen LogP contribution in [0.2, 0.25) is 0 Å². The summed E-state index contributed by atoms with van der Waals surface area (Å²) in [4.78, 5) is 34.5. The highest BCUT2D eigenvalue weighted by Gasteiger charge is 2.31. The zero-order valence-corrected chi connectivity index (χ0v) is 21.8. The molecule has 3 atom stereocenters. The molecule has 2 fully saturated rings. The first-order chi connectivity index (χ1) is 16.9. The molecule has 4 rings (SSSR count). The minimum Gasteiger partial charge on any atom is -0.397 e. The van der Waals surface area contributed by atoms with Crippen LogP contribution in [0.25, 0.3) is 0 Å². The first kappa shape index (κ1) is 25.2. The number of aliphatic imine (C=N–C) groups is 1. The number of likely N-dealkylation sites (N-methyl/N-ethyl adjacent to an activating group) is 1. The van der Waals surface area contributed by atoms with Gasteiger partial charge in [-0.2, -0.15) is 0 Å². The predicted molar refractivity (Wildman–Crippen MR) is 141 cm³/mol. The van der Waals surface area contributed by atoms with Crippen LogP contribution in [0.1, 0.15) is 30.1 Å². The van der Waals surface area contributed by atoms with Gasteiger partial charge in [-0.15, -0.1) is 0 Å². The van der Waals surface area contributed by atoms with Crippen molar-refractivity contribution in [3.8, 4) is 0 Å². The van der Waals surface area contributed by atoms with E-state index < -0.39 is 5.92 Å². The number of likely N-dealkylation sites (tertiary alicyclic amines) is 1. The Bertz CT molecular complexity index is 1060. The molecule has 1 aromatic carbocycles. The molecular formula is C25H33BrN6O3. The number of anilines is 2. The Balaban J connectivity index is 1.47. The highest BCUT2D eigenvalue weighted by molar-refractivity contribution is 9.10. The summed E-state index contributed by atoms with van der Waals surface area (Å²) < 4.78 is 6.46. The van der Waals surface area contributed by atoms with Crippen molar-refractivity contribution >= 4 is 45.3 Å². The van der Waals surface area contributed by atoms with Crippen molar-refractivity contribution in [3.63, 3.8) is 0 Å². The molecule has 0 spiro atoms. The summed E-state index contributed by atoms with van der Waals surface area (Å²) >= 11 is 3.48. The number of rotatable bonds is 5. The fraction of sp³-hybridized carbons (Fsp3) is 0.480. The van der Waals surface area contributed by atoms with E-state index >= 15 is 0 Å². The van der Waals surface area contributed by atoms with Crippen molar-refractivity contribution in [2.45, 2.75) is 31.9 Å². The lowest BCUT2D eigenvalue weighted by Gasteiger charge is -2.26. The van der Waals surface area contributed by atoms with E-state index in [1.165, 1.54) is 0 Å². The van der Waals surface area contributed by atoms with Crippen molar-refractivity contribution in [1.82, 2.24) is 15.1 Å². The van der Waals surface area contributed by atoms with E-state index in [-0.39, 0.29) is 24.0 Å². The van der Waals surface area contributed by atoms with E-state index in [1.54, 1.807) is 18.5 Å². The summed E-state index contributed by atoms with van der Waals surface area (Å²) in [5, 5.41) is 6.51. The predicted octanol–water partition coefficient (Wildman–Crippen LogP) is 2.61. The monoisotopic (exact) mass is 544 g/mol. The highest BCUT2D eigenvalue weighted by Crippen LogP contribution is 2.32. The van der Waals surface area contributed by atoms with Gasteiger partial charge in [0.15, 0.2) is 0 Å². The number of halogens is 1. The Kier molecular flexibility index (Phi) is 8.12. The molecule has 0 aliphatic carbocycles. The van der Waals surface area contributed by atoms with Gasteiger partial charge in [0, 0.05) is 62.8 Å². The zero-order valence-electron chi connectivity index (χ0n) is 20.2. The zero-order chi connectivity index (χ0) is 24.9. The lowest BCUT2D eigenvalue weighted by atomic mass is 10.1. The summed E-state index contributed by atoms with van der Waals surface area (Å²) in [5.74, 6) is -0.465. The number of nitrogens with zero attached hydrogens (tertiary/aromatic N) is 3. The number of nitrogens with one attached hydrogen (secondary N) is 2. The van der Waals surface area contributed by atoms with Crippen LogP contribution in [0.3, 0.4) is 0 Å². The molecule has 2 unspecified atom stereocenters. The minimum atomic E-state index is -0.405. The molecule has 10 heteroatoms. The van der Waals surface area contributed by atoms with Crippen LogP contribution >= 0.6 is 15.9 Å². The number of carbonyl (C=O) groups is 2. The van der Waals surface area contributed by atoms with Crippen LogP contribution in [-0.2, 0) is 9.53 Å². The van der Waals surface area contributed by atoms with Crippen molar-refractivity contribution in [2.24, 2.45) is 10.9 Å². The molecule has 4 N–H and O–H groups in total. The van der Waals surface area contributed by atoms with E-state index in [4.69, 9.17) is 10.5 Å². The number of allylic oxidation sites excluding steroid dienone is 1.